The zero-order chi connectivity index (χ0) is 22.5. The van der Waals surface area contributed by atoms with Gasteiger partial charge in [-0.15, -0.1) is 0 Å². The largest absolute Gasteiger partial charge is 0.322 e. The Morgan fingerprint density at radius 1 is 0.875 bits per heavy atom. The molecule has 3 nitrogen and oxygen atoms in total. The summed E-state index contributed by atoms with van der Waals surface area (Å²) in [6.45, 7) is 4.26. The number of amides is 2. The van der Waals surface area contributed by atoms with Crippen molar-refractivity contribution in [3.63, 3.8) is 0 Å². The van der Waals surface area contributed by atoms with Crippen LogP contribution in [0.15, 0.2) is 72.8 Å². The third-order valence-electron chi connectivity index (χ3n) is 6.68. The molecule has 0 bridgehead atoms. The molecule has 0 aromatic heterocycles. The quantitative estimate of drug-likeness (QED) is 0.456. The average Bonchev–Trinajstić information content (AvgIpc) is 2.82. The lowest BCUT2D eigenvalue weighted by molar-refractivity contribution is 0.157. The fourth-order valence-electron chi connectivity index (χ4n) is 4.81. The Kier molecular flexibility index (Phi) is 6.89. The van der Waals surface area contributed by atoms with Crippen LogP contribution in [0.3, 0.4) is 0 Å². The molecule has 4 heteroatoms. The van der Waals surface area contributed by atoms with Crippen LogP contribution in [0.5, 0.6) is 0 Å². The molecular weight excluding hydrogens is 399 g/mol. The van der Waals surface area contributed by atoms with E-state index in [1.807, 2.05) is 49.1 Å². The van der Waals surface area contributed by atoms with Gasteiger partial charge in [-0.25, -0.2) is 9.18 Å². The van der Waals surface area contributed by atoms with E-state index in [4.69, 9.17) is 0 Å². The maximum Gasteiger partial charge on any atom is 0.322 e. The number of nitrogens with one attached hydrogen (secondary N) is 1. The zero-order valence-corrected chi connectivity index (χ0v) is 18.9. The molecule has 1 fully saturated rings. The van der Waals surface area contributed by atoms with E-state index in [0.29, 0.717) is 11.5 Å². The zero-order valence-electron chi connectivity index (χ0n) is 18.9. The summed E-state index contributed by atoms with van der Waals surface area (Å²) < 4.78 is 14.5. The molecule has 3 aromatic rings. The van der Waals surface area contributed by atoms with Crippen LogP contribution in [-0.4, -0.2) is 17.0 Å². The van der Waals surface area contributed by atoms with Crippen LogP contribution in [-0.2, 0) is 6.54 Å². The highest BCUT2D eigenvalue weighted by Gasteiger charge is 2.30. The van der Waals surface area contributed by atoms with Crippen molar-refractivity contribution in [1.29, 1.82) is 0 Å². The van der Waals surface area contributed by atoms with Crippen molar-refractivity contribution in [1.82, 2.24) is 4.90 Å². The van der Waals surface area contributed by atoms with E-state index in [9.17, 15) is 9.18 Å². The number of hydrogen-bond acceptors (Lipinski definition) is 1. The van der Waals surface area contributed by atoms with E-state index in [1.54, 1.807) is 12.1 Å². The fourth-order valence-corrected chi connectivity index (χ4v) is 4.81. The summed E-state index contributed by atoms with van der Waals surface area (Å²) in [5.74, 6) is 0.250. The van der Waals surface area contributed by atoms with Crippen LogP contribution in [0.1, 0.15) is 53.9 Å². The second-order valence-corrected chi connectivity index (χ2v) is 8.83. The number of hydrogen-bond donors (Lipinski definition) is 1. The maximum absolute atomic E-state index is 14.5. The van der Waals surface area contributed by atoms with Gasteiger partial charge in [0.15, 0.2) is 0 Å². The van der Waals surface area contributed by atoms with Crippen LogP contribution in [0.25, 0.3) is 0 Å². The highest BCUT2D eigenvalue weighted by atomic mass is 19.1. The van der Waals surface area contributed by atoms with Gasteiger partial charge in [-0.05, 0) is 68.2 Å². The lowest BCUT2D eigenvalue weighted by Crippen LogP contribution is -2.44. The van der Waals surface area contributed by atoms with Gasteiger partial charge < -0.3 is 10.2 Å². The predicted octanol–water partition coefficient (Wildman–Crippen LogP) is 7.20. The molecule has 32 heavy (non-hydrogen) atoms. The number of carbonyl (C=O) groups excluding carboxylic acids is 1. The molecular formula is C28H31FN2O. The standard InChI is InChI=1S/C28H31FN2O/c1-20-9-8-10-21(2)27(20)30-28(32)31(19-24-13-6-7-14-26(24)29)25-17-15-23(16-18-25)22-11-4-3-5-12-22/h3-14,23,25H,15-19H2,1-2H3,(H,30,32). The Hall–Kier alpha value is -3.14. The molecule has 166 valence electrons. The highest BCUT2D eigenvalue weighted by Crippen LogP contribution is 2.35. The Bertz CT molecular complexity index is 1040. The summed E-state index contributed by atoms with van der Waals surface area (Å²) in [6.07, 6.45) is 3.88. The van der Waals surface area contributed by atoms with Crippen molar-refractivity contribution in [3.8, 4) is 0 Å². The molecule has 0 radical (unpaired) electrons. The first-order valence-corrected chi connectivity index (χ1v) is 11.4. The summed E-state index contributed by atoms with van der Waals surface area (Å²) in [5.41, 5.74) is 4.81. The summed E-state index contributed by atoms with van der Waals surface area (Å²) in [7, 11) is 0. The maximum atomic E-state index is 14.5. The smallest absolute Gasteiger partial charge is 0.317 e. The molecule has 0 unspecified atom stereocenters. The Morgan fingerprint density at radius 2 is 1.50 bits per heavy atom. The molecule has 1 aliphatic rings. The van der Waals surface area contributed by atoms with Crippen LogP contribution < -0.4 is 5.32 Å². The second-order valence-electron chi connectivity index (χ2n) is 8.83. The first kappa shape index (κ1) is 22.1. The number of aryl methyl sites for hydroxylation is 2. The van der Waals surface area contributed by atoms with Crippen molar-refractivity contribution in [2.24, 2.45) is 0 Å². The number of para-hydroxylation sites is 1. The number of halogens is 1. The molecule has 0 atom stereocenters. The van der Waals surface area contributed by atoms with Crippen LogP contribution in [0.4, 0.5) is 14.9 Å². The van der Waals surface area contributed by atoms with E-state index in [1.165, 1.54) is 11.6 Å². The topological polar surface area (TPSA) is 32.3 Å². The Balaban J connectivity index is 1.54. The molecule has 3 aromatic carbocycles. The van der Waals surface area contributed by atoms with Crippen molar-refractivity contribution in [2.45, 2.75) is 58.0 Å². The highest BCUT2D eigenvalue weighted by molar-refractivity contribution is 5.91. The van der Waals surface area contributed by atoms with Crippen LogP contribution in [0.2, 0.25) is 0 Å². The van der Waals surface area contributed by atoms with E-state index < -0.39 is 0 Å². The van der Waals surface area contributed by atoms with Crippen molar-refractivity contribution in [2.75, 3.05) is 5.32 Å². The van der Waals surface area contributed by atoms with Gasteiger partial charge >= 0.3 is 6.03 Å². The molecule has 0 spiro atoms. The molecule has 4 rings (SSSR count). The number of carbonyl (C=O) groups is 1. The van der Waals surface area contributed by atoms with Gasteiger partial charge in [-0.3, -0.25) is 0 Å². The van der Waals surface area contributed by atoms with Crippen LogP contribution in [0, 0.1) is 19.7 Å². The molecule has 1 aliphatic carbocycles. The number of nitrogens with zero attached hydrogens (tertiary/aromatic N) is 1. The first-order chi connectivity index (χ1) is 15.5. The van der Waals surface area contributed by atoms with Gasteiger partial charge in [-0.2, -0.15) is 0 Å². The summed E-state index contributed by atoms with van der Waals surface area (Å²) in [4.78, 5) is 15.3. The molecule has 2 amide bonds. The molecule has 0 aliphatic heterocycles. The van der Waals surface area contributed by atoms with Crippen molar-refractivity contribution < 1.29 is 9.18 Å². The minimum Gasteiger partial charge on any atom is -0.317 e. The second kappa shape index (κ2) is 9.99. The lowest BCUT2D eigenvalue weighted by Gasteiger charge is -2.37. The number of rotatable bonds is 5. The van der Waals surface area contributed by atoms with Gasteiger partial charge in [0.1, 0.15) is 5.82 Å². The SMILES string of the molecule is Cc1cccc(C)c1NC(=O)N(Cc1ccccc1F)C1CCC(c2ccccc2)CC1. The van der Waals surface area contributed by atoms with Gasteiger partial charge in [0.25, 0.3) is 0 Å². The van der Waals surface area contributed by atoms with E-state index >= 15 is 0 Å². The van der Waals surface area contributed by atoms with Gasteiger partial charge in [0.2, 0.25) is 0 Å². The van der Waals surface area contributed by atoms with Gasteiger partial charge in [0.05, 0.1) is 6.54 Å². The monoisotopic (exact) mass is 430 g/mol. The number of urea groups is 1. The number of anilines is 1. The molecule has 1 N–H and O–H groups in total. The van der Waals surface area contributed by atoms with E-state index in [0.717, 1.165) is 42.5 Å². The molecule has 1 saturated carbocycles. The van der Waals surface area contributed by atoms with Gasteiger partial charge in [-0.1, -0.05) is 66.7 Å². The minimum atomic E-state index is -0.268. The normalized spacial score (nSPS) is 18.2. The number of benzene rings is 3. The molecule has 0 heterocycles. The Labute approximate surface area is 190 Å². The fraction of sp³-hybridized carbons (Fsp3) is 0.321. The average molecular weight is 431 g/mol. The van der Waals surface area contributed by atoms with Gasteiger partial charge in [0, 0.05) is 17.3 Å². The lowest BCUT2D eigenvalue weighted by atomic mass is 9.81. The van der Waals surface area contributed by atoms with Crippen molar-refractivity contribution >= 4 is 11.7 Å². The van der Waals surface area contributed by atoms with E-state index in [2.05, 4.69) is 29.6 Å². The predicted molar refractivity (Wildman–Crippen MR) is 128 cm³/mol. The van der Waals surface area contributed by atoms with E-state index in [-0.39, 0.29) is 24.4 Å². The Morgan fingerprint density at radius 3 is 2.16 bits per heavy atom. The summed E-state index contributed by atoms with van der Waals surface area (Å²) in [5, 5.41) is 3.12. The molecule has 0 saturated heterocycles. The third kappa shape index (κ3) is 5.01. The van der Waals surface area contributed by atoms with Crippen LogP contribution >= 0.6 is 0 Å². The summed E-state index contributed by atoms with van der Waals surface area (Å²) in [6, 6.07) is 23.2. The van der Waals surface area contributed by atoms with Crippen molar-refractivity contribution in [3.05, 3.63) is 101 Å². The minimum absolute atomic E-state index is 0.0823. The summed E-state index contributed by atoms with van der Waals surface area (Å²) >= 11 is 0. The third-order valence-corrected chi connectivity index (χ3v) is 6.68. The first-order valence-electron chi connectivity index (χ1n) is 11.4.